The third-order valence-corrected chi connectivity index (χ3v) is 6.65. The molecule has 3 atom stereocenters. The van der Waals surface area contributed by atoms with Crippen molar-refractivity contribution in [2.45, 2.75) is 57.7 Å². The number of rotatable bonds is 2. The van der Waals surface area contributed by atoms with E-state index in [1.807, 2.05) is 41.0 Å². The predicted octanol–water partition coefficient (Wildman–Crippen LogP) is 3.02. The molecule has 3 fully saturated rings. The Morgan fingerprint density at radius 3 is 2.59 bits per heavy atom. The maximum Gasteiger partial charge on any atom is 0.253 e. The van der Waals surface area contributed by atoms with E-state index in [-0.39, 0.29) is 29.4 Å². The number of hydrogen-bond acceptors (Lipinski definition) is 3. The van der Waals surface area contributed by atoms with Crippen molar-refractivity contribution >= 4 is 11.8 Å². The smallest absolute Gasteiger partial charge is 0.253 e. The summed E-state index contributed by atoms with van der Waals surface area (Å²) in [6.07, 6.45) is 4.47. The van der Waals surface area contributed by atoms with Crippen LogP contribution in [-0.4, -0.2) is 59.5 Å². The number of nitrogens with zero attached hydrogens (tertiary/aromatic N) is 2. The molecule has 0 aliphatic carbocycles. The molecule has 3 heterocycles. The molecule has 146 valence electrons. The number of ether oxygens (including phenoxy) is 1. The zero-order valence-electron chi connectivity index (χ0n) is 16.4. The minimum atomic E-state index is -0.287. The number of benzene rings is 1. The fourth-order valence-electron chi connectivity index (χ4n) is 4.94. The lowest BCUT2D eigenvalue weighted by molar-refractivity contribution is -0.154. The standard InChI is InChI=1S/C22H30N2O3/c1-16-6-5-7-18(14-16)20(25)24-13-10-22(17(2)15-24)9-8-19(27-22)21(26)23-11-3-4-12-23/h5-7,14,17,19H,3-4,8-13,15H2,1-2H3/t17-,19?,22+/m1/s1. The summed E-state index contributed by atoms with van der Waals surface area (Å²) in [6, 6.07) is 7.79. The summed E-state index contributed by atoms with van der Waals surface area (Å²) in [5.74, 6) is 0.509. The Hall–Kier alpha value is -1.88. The van der Waals surface area contributed by atoms with Crippen molar-refractivity contribution < 1.29 is 14.3 Å². The first-order valence-corrected chi connectivity index (χ1v) is 10.3. The van der Waals surface area contributed by atoms with Gasteiger partial charge in [-0.25, -0.2) is 0 Å². The molecule has 2 amide bonds. The highest BCUT2D eigenvalue weighted by molar-refractivity contribution is 5.94. The van der Waals surface area contributed by atoms with Crippen LogP contribution in [0.1, 0.15) is 54.9 Å². The Labute approximate surface area is 161 Å². The molecule has 27 heavy (non-hydrogen) atoms. The Balaban J connectivity index is 1.40. The molecule has 0 radical (unpaired) electrons. The molecule has 3 saturated heterocycles. The highest BCUT2D eigenvalue weighted by Crippen LogP contribution is 2.43. The lowest BCUT2D eigenvalue weighted by Crippen LogP contribution is -2.53. The highest BCUT2D eigenvalue weighted by Gasteiger charge is 2.50. The fraction of sp³-hybridized carbons (Fsp3) is 0.636. The number of carbonyl (C=O) groups is 2. The average molecular weight is 370 g/mol. The molecule has 4 rings (SSSR count). The second kappa shape index (κ2) is 7.27. The Morgan fingerprint density at radius 2 is 1.89 bits per heavy atom. The topological polar surface area (TPSA) is 49.9 Å². The first-order valence-electron chi connectivity index (χ1n) is 10.3. The van der Waals surface area contributed by atoms with Gasteiger partial charge in [-0.3, -0.25) is 9.59 Å². The number of carbonyl (C=O) groups excluding carboxylic acids is 2. The summed E-state index contributed by atoms with van der Waals surface area (Å²) in [4.78, 5) is 29.5. The third-order valence-electron chi connectivity index (χ3n) is 6.65. The van der Waals surface area contributed by atoms with E-state index in [0.29, 0.717) is 13.1 Å². The number of likely N-dealkylation sites (tertiary alicyclic amines) is 2. The Morgan fingerprint density at radius 1 is 1.11 bits per heavy atom. The van der Waals surface area contributed by atoms with Crippen molar-refractivity contribution in [2.24, 2.45) is 5.92 Å². The molecular formula is C22H30N2O3. The monoisotopic (exact) mass is 370 g/mol. The minimum absolute atomic E-state index is 0.100. The Bertz CT molecular complexity index is 728. The summed E-state index contributed by atoms with van der Waals surface area (Å²) >= 11 is 0. The summed E-state index contributed by atoms with van der Waals surface area (Å²) in [5.41, 5.74) is 1.61. The van der Waals surface area contributed by atoms with Crippen LogP contribution in [0.3, 0.4) is 0 Å². The van der Waals surface area contributed by atoms with E-state index in [4.69, 9.17) is 4.74 Å². The quantitative estimate of drug-likeness (QED) is 0.804. The van der Waals surface area contributed by atoms with E-state index in [9.17, 15) is 9.59 Å². The second-order valence-electron chi connectivity index (χ2n) is 8.51. The summed E-state index contributed by atoms with van der Waals surface area (Å²) < 4.78 is 6.40. The van der Waals surface area contributed by atoms with E-state index >= 15 is 0 Å². The van der Waals surface area contributed by atoms with Crippen LogP contribution in [0, 0.1) is 12.8 Å². The largest absolute Gasteiger partial charge is 0.362 e. The molecule has 1 spiro atoms. The number of aryl methyl sites for hydroxylation is 1. The molecule has 1 aromatic rings. The zero-order valence-corrected chi connectivity index (χ0v) is 16.4. The SMILES string of the molecule is Cc1cccc(C(=O)N2CC[C@@]3(CCC(C(=O)N4CCCC4)O3)[C@H](C)C2)c1. The van der Waals surface area contributed by atoms with Gasteiger partial charge in [0, 0.05) is 37.7 Å². The van der Waals surface area contributed by atoms with Crippen LogP contribution in [0.15, 0.2) is 24.3 Å². The van der Waals surface area contributed by atoms with Crippen LogP contribution < -0.4 is 0 Å². The third kappa shape index (κ3) is 3.49. The van der Waals surface area contributed by atoms with Crippen LogP contribution >= 0.6 is 0 Å². The maximum absolute atomic E-state index is 12.9. The average Bonchev–Trinajstić information content (AvgIpc) is 3.34. The van der Waals surface area contributed by atoms with Crippen molar-refractivity contribution in [1.82, 2.24) is 9.80 Å². The molecule has 5 heteroatoms. The first kappa shape index (κ1) is 18.5. The van der Waals surface area contributed by atoms with Crippen molar-refractivity contribution in [1.29, 1.82) is 0 Å². The predicted molar refractivity (Wildman–Crippen MR) is 104 cm³/mol. The van der Waals surface area contributed by atoms with Gasteiger partial charge in [-0.05, 0) is 51.2 Å². The van der Waals surface area contributed by atoms with E-state index in [1.165, 1.54) is 0 Å². The van der Waals surface area contributed by atoms with Crippen LogP contribution in [0.4, 0.5) is 0 Å². The van der Waals surface area contributed by atoms with Gasteiger partial charge in [0.2, 0.25) is 0 Å². The van der Waals surface area contributed by atoms with E-state index in [2.05, 4.69) is 6.92 Å². The zero-order chi connectivity index (χ0) is 19.0. The number of amides is 2. The van der Waals surface area contributed by atoms with Gasteiger partial charge < -0.3 is 14.5 Å². The van der Waals surface area contributed by atoms with Gasteiger partial charge >= 0.3 is 0 Å². The molecule has 3 aliphatic rings. The second-order valence-corrected chi connectivity index (χ2v) is 8.51. The van der Waals surface area contributed by atoms with Gasteiger partial charge in [0.25, 0.3) is 11.8 Å². The van der Waals surface area contributed by atoms with Crippen molar-refractivity contribution in [2.75, 3.05) is 26.2 Å². The molecule has 0 N–H and O–H groups in total. The van der Waals surface area contributed by atoms with Crippen molar-refractivity contribution in [3.63, 3.8) is 0 Å². The minimum Gasteiger partial charge on any atom is -0.362 e. The lowest BCUT2D eigenvalue weighted by atomic mass is 9.80. The lowest BCUT2D eigenvalue weighted by Gasteiger charge is -2.44. The molecule has 0 aromatic heterocycles. The van der Waals surface area contributed by atoms with Crippen LogP contribution in [0.25, 0.3) is 0 Å². The van der Waals surface area contributed by atoms with Gasteiger partial charge in [-0.15, -0.1) is 0 Å². The van der Waals surface area contributed by atoms with E-state index in [0.717, 1.165) is 56.3 Å². The van der Waals surface area contributed by atoms with E-state index in [1.54, 1.807) is 0 Å². The highest BCUT2D eigenvalue weighted by atomic mass is 16.5. The first-order chi connectivity index (χ1) is 13.0. The normalized spacial score (nSPS) is 30.9. The summed E-state index contributed by atoms with van der Waals surface area (Å²) in [6.45, 7) is 7.31. The summed E-state index contributed by atoms with van der Waals surface area (Å²) in [5, 5.41) is 0. The molecule has 1 aromatic carbocycles. The number of piperidine rings is 1. The van der Waals surface area contributed by atoms with Gasteiger partial charge in [-0.1, -0.05) is 24.6 Å². The van der Waals surface area contributed by atoms with Crippen molar-refractivity contribution in [3.8, 4) is 0 Å². The molecule has 0 saturated carbocycles. The van der Waals surface area contributed by atoms with Crippen molar-refractivity contribution in [3.05, 3.63) is 35.4 Å². The molecule has 5 nitrogen and oxygen atoms in total. The molecule has 0 bridgehead atoms. The number of hydrogen-bond donors (Lipinski definition) is 0. The van der Waals surface area contributed by atoms with Gasteiger partial charge in [0.05, 0.1) is 5.60 Å². The van der Waals surface area contributed by atoms with E-state index < -0.39 is 0 Å². The van der Waals surface area contributed by atoms with Crippen LogP contribution in [0.5, 0.6) is 0 Å². The molecule has 1 unspecified atom stereocenters. The molecule has 3 aliphatic heterocycles. The van der Waals surface area contributed by atoms with Crippen LogP contribution in [0.2, 0.25) is 0 Å². The van der Waals surface area contributed by atoms with Gasteiger partial charge in [-0.2, -0.15) is 0 Å². The van der Waals surface area contributed by atoms with Gasteiger partial charge in [0.15, 0.2) is 0 Å². The fourth-order valence-corrected chi connectivity index (χ4v) is 4.94. The van der Waals surface area contributed by atoms with Gasteiger partial charge in [0.1, 0.15) is 6.10 Å². The summed E-state index contributed by atoms with van der Waals surface area (Å²) in [7, 11) is 0. The van der Waals surface area contributed by atoms with Crippen LogP contribution in [-0.2, 0) is 9.53 Å². The molecular weight excluding hydrogens is 340 g/mol. The Kier molecular flexibility index (Phi) is 4.97. The maximum atomic E-state index is 12.9.